The number of rotatable bonds is 7. The summed E-state index contributed by atoms with van der Waals surface area (Å²) in [5, 5.41) is 0.535. The van der Waals surface area contributed by atoms with Gasteiger partial charge in [-0.05, 0) is 80.1 Å². The zero-order chi connectivity index (χ0) is 20.8. The minimum Gasteiger partial charge on any atom is -0.439 e. The van der Waals surface area contributed by atoms with Crippen molar-refractivity contribution in [3.8, 4) is 11.6 Å². The first-order valence-electron chi connectivity index (χ1n) is 9.24. The van der Waals surface area contributed by atoms with Crippen LogP contribution in [-0.2, 0) is 0 Å². The van der Waals surface area contributed by atoms with Crippen molar-refractivity contribution < 1.29 is 9.13 Å². The van der Waals surface area contributed by atoms with Crippen LogP contribution in [0.2, 0.25) is 0 Å². The lowest BCUT2D eigenvalue weighted by Gasteiger charge is -2.12. The molecule has 7 heteroatoms. The van der Waals surface area contributed by atoms with Gasteiger partial charge in [-0.15, -0.1) is 0 Å². The van der Waals surface area contributed by atoms with Crippen molar-refractivity contribution in [2.75, 3.05) is 13.6 Å². The van der Waals surface area contributed by atoms with Crippen LogP contribution in [0.1, 0.15) is 18.1 Å². The number of hydrogen-bond donors (Lipinski definition) is 0. The third-order valence-electron chi connectivity index (χ3n) is 4.23. The summed E-state index contributed by atoms with van der Waals surface area (Å²) in [4.78, 5) is 16.1. The van der Waals surface area contributed by atoms with Crippen molar-refractivity contribution in [3.05, 3.63) is 65.6 Å². The molecular formula is C22H23FN4OS. The van der Waals surface area contributed by atoms with Gasteiger partial charge in [-0.25, -0.2) is 14.4 Å². The maximum atomic E-state index is 13.1. The maximum Gasteiger partial charge on any atom is 0.223 e. The molecule has 0 spiro atoms. The molecule has 0 aliphatic rings. The molecule has 2 aromatic carbocycles. The van der Waals surface area contributed by atoms with E-state index < -0.39 is 0 Å². The number of benzene rings is 2. The summed E-state index contributed by atoms with van der Waals surface area (Å²) in [5.41, 5.74) is 2.89. The Morgan fingerprint density at radius 3 is 2.62 bits per heavy atom. The molecule has 29 heavy (non-hydrogen) atoms. The Bertz CT molecular complexity index is 1010. The topological polar surface area (TPSA) is 50.6 Å². The van der Waals surface area contributed by atoms with Gasteiger partial charge in [0.1, 0.15) is 11.6 Å². The van der Waals surface area contributed by atoms with E-state index >= 15 is 0 Å². The highest BCUT2D eigenvalue weighted by atomic mass is 32.2. The van der Waals surface area contributed by atoms with Gasteiger partial charge in [0, 0.05) is 30.8 Å². The lowest BCUT2D eigenvalue weighted by Crippen LogP contribution is -2.14. The summed E-state index contributed by atoms with van der Waals surface area (Å²) in [6.45, 7) is 6.95. The van der Waals surface area contributed by atoms with Gasteiger partial charge < -0.3 is 9.64 Å². The molecule has 0 radical (unpaired) electrons. The quantitative estimate of drug-likeness (QED) is 0.280. The number of aliphatic imine (C=N–C) groups is 1. The molecule has 0 N–H and O–H groups in total. The Hall–Kier alpha value is -2.93. The summed E-state index contributed by atoms with van der Waals surface area (Å²) < 4.78 is 19.1. The zero-order valence-corrected chi connectivity index (χ0v) is 17.7. The van der Waals surface area contributed by atoms with Gasteiger partial charge in [0.15, 0.2) is 5.16 Å². The first-order chi connectivity index (χ1) is 13.9. The van der Waals surface area contributed by atoms with Crippen LogP contribution in [0.15, 0.2) is 63.7 Å². The Morgan fingerprint density at radius 2 is 1.90 bits per heavy atom. The molecule has 1 aromatic heterocycles. The van der Waals surface area contributed by atoms with Crippen molar-refractivity contribution in [2.45, 2.75) is 30.8 Å². The molecule has 0 saturated heterocycles. The van der Waals surface area contributed by atoms with Crippen LogP contribution in [0.5, 0.6) is 11.6 Å². The minimum absolute atomic E-state index is 0.271. The maximum absolute atomic E-state index is 13.1. The summed E-state index contributed by atoms with van der Waals surface area (Å²) >= 11 is 1.35. The average molecular weight is 411 g/mol. The molecule has 0 saturated carbocycles. The molecular weight excluding hydrogens is 387 g/mol. The van der Waals surface area contributed by atoms with Crippen LogP contribution in [0.25, 0.3) is 0 Å². The van der Waals surface area contributed by atoms with E-state index in [1.807, 2.05) is 44.3 Å². The van der Waals surface area contributed by atoms with Crippen LogP contribution in [-0.4, -0.2) is 34.8 Å². The second-order valence-corrected chi connectivity index (χ2v) is 7.60. The second-order valence-electron chi connectivity index (χ2n) is 6.56. The fraction of sp³-hybridized carbons (Fsp3) is 0.227. The van der Waals surface area contributed by atoms with Crippen LogP contribution >= 0.6 is 11.8 Å². The molecule has 0 unspecified atom stereocenters. The fourth-order valence-corrected chi connectivity index (χ4v) is 3.15. The van der Waals surface area contributed by atoms with Crippen molar-refractivity contribution in [3.63, 3.8) is 0 Å². The first-order valence-corrected chi connectivity index (χ1v) is 10.1. The highest BCUT2D eigenvalue weighted by Gasteiger charge is 2.09. The van der Waals surface area contributed by atoms with Crippen LogP contribution in [0.4, 0.5) is 10.1 Å². The third-order valence-corrected chi connectivity index (χ3v) is 5.12. The summed E-state index contributed by atoms with van der Waals surface area (Å²) in [6, 6.07) is 11.9. The van der Waals surface area contributed by atoms with Crippen molar-refractivity contribution >= 4 is 23.8 Å². The molecule has 5 nitrogen and oxygen atoms in total. The van der Waals surface area contributed by atoms with E-state index in [1.165, 1.54) is 23.9 Å². The Labute approximate surface area is 174 Å². The van der Waals surface area contributed by atoms with Crippen LogP contribution < -0.4 is 4.74 Å². The SMILES string of the molecule is CCN(C)C=Nc1cc(C)c(Oc2ccnc(Sc3ccc(F)cc3)n2)cc1C. The standard InChI is InChI=1S/C22H23FN4OS/c1-5-27(4)14-25-19-12-16(3)20(13-15(19)2)28-21-10-11-24-22(26-21)29-18-8-6-17(23)7-9-18/h6-14H,5H2,1-4H3. The Balaban J connectivity index is 1.76. The van der Waals surface area contributed by atoms with Crippen molar-refractivity contribution in [1.29, 1.82) is 0 Å². The van der Waals surface area contributed by atoms with Crippen LogP contribution in [0, 0.1) is 19.7 Å². The lowest BCUT2D eigenvalue weighted by molar-refractivity contribution is 0.452. The van der Waals surface area contributed by atoms with E-state index in [1.54, 1.807) is 24.4 Å². The predicted molar refractivity (Wildman–Crippen MR) is 115 cm³/mol. The molecule has 1 heterocycles. The van der Waals surface area contributed by atoms with Crippen molar-refractivity contribution in [1.82, 2.24) is 14.9 Å². The van der Waals surface area contributed by atoms with Gasteiger partial charge in [-0.3, -0.25) is 0 Å². The number of aromatic nitrogens is 2. The van der Waals surface area contributed by atoms with Gasteiger partial charge in [0.25, 0.3) is 0 Å². The molecule has 0 aliphatic heterocycles. The number of nitrogens with zero attached hydrogens (tertiary/aromatic N) is 4. The molecule has 0 aliphatic carbocycles. The highest BCUT2D eigenvalue weighted by Crippen LogP contribution is 2.32. The molecule has 0 atom stereocenters. The number of aryl methyl sites for hydroxylation is 2. The van der Waals surface area contributed by atoms with E-state index in [2.05, 4.69) is 21.9 Å². The van der Waals surface area contributed by atoms with Gasteiger partial charge in [0.05, 0.1) is 12.0 Å². The summed E-state index contributed by atoms with van der Waals surface area (Å²) in [5.74, 6) is 0.906. The molecule has 150 valence electrons. The Morgan fingerprint density at radius 1 is 1.14 bits per heavy atom. The second kappa shape index (κ2) is 9.52. The normalized spacial score (nSPS) is 11.1. The largest absolute Gasteiger partial charge is 0.439 e. The van der Waals surface area contributed by atoms with Gasteiger partial charge in [-0.1, -0.05) is 0 Å². The molecule has 3 aromatic rings. The first kappa shape index (κ1) is 20.8. The highest BCUT2D eigenvalue weighted by molar-refractivity contribution is 7.99. The number of hydrogen-bond acceptors (Lipinski definition) is 5. The zero-order valence-electron chi connectivity index (χ0n) is 16.9. The number of ether oxygens (including phenoxy) is 1. The molecule has 0 amide bonds. The average Bonchev–Trinajstić information content (AvgIpc) is 2.71. The predicted octanol–water partition coefficient (Wildman–Crippen LogP) is 5.79. The molecule has 0 bridgehead atoms. The summed E-state index contributed by atoms with van der Waals surface area (Å²) in [6.07, 6.45) is 3.47. The van der Waals surface area contributed by atoms with Gasteiger partial charge in [-0.2, -0.15) is 4.98 Å². The Kier molecular flexibility index (Phi) is 6.82. The third kappa shape index (κ3) is 5.77. The lowest BCUT2D eigenvalue weighted by atomic mass is 10.1. The monoisotopic (exact) mass is 410 g/mol. The van der Waals surface area contributed by atoms with Gasteiger partial charge in [0.2, 0.25) is 5.88 Å². The smallest absolute Gasteiger partial charge is 0.223 e. The van der Waals surface area contributed by atoms with E-state index in [-0.39, 0.29) is 5.82 Å². The van der Waals surface area contributed by atoms with E-state index in [9.17, 15) is 4.39 Å². The van der Waals surface area contributed by atoms with E-state index in [4.69, 9.17) is 4.74 Å². The number of halogens is 1. The van der Waals surface area contributed by atoms with Crippen molar-refractivity contribution in [2.24, 2.45) is 4.99 Å². The van der Waals surface area contributed by atoms with Crippen LogP contribution in [0.3, 0.4) is 0 Å². The van der Waals surface area contributed by atoms with E-state index in [0.29, 0.717) is 11.0 Å². The van der Waals surface area contributed by atoms with E-state index in [0.717, 1.165) is 34.0 Å². The molecule has 0 fully saturated rings. The molecule has 3 rings (SSSR count). The van der Waals surface area contributed by atoms with Gasteiger partial charge >= 0.3 is 0 Å². The fourth-order valence-electron chi connectivity index (χ4n) is 2.42. The summed E-state index contributed by atoms with van der Waals surface area (Å²) in [7, 11) is 1.99. The minimum atomic E-state index is -0.271.